The number of rotatable bonds is 5. The number of carboxylic acid groups (broad SMARTS) is 1. The minimum Gasteiger partial charge on any atom is -0.464 e. The lowest BCUT2D eigenvalue weighted by Gasteiger charge is -2.11. The molecule has 0 fully saturated rings. The van der Waals surface area contributed by atoms with Crippen molar-refractivity contribution >= 4 is 29.5 Å². The zero-order chi connectivity index (χ0) is 24.9. The fraction of sp³-hybridized carbons (Fsp3) is 0.0417. The van der Waals surface area contributed by atoms with Gasteiger partial charge in [0.1, 0.15) is 5.69 Å². The minimum absolute atomic E-state index is 0.127. The first-order valence-corrected chi connectivity index (χ1v) is 10.7. The van der Waals surface area contributed by atoms with E-state index in [1.165, 1.54) is 24.5 Å². The van der Waals surface area contributed by atoms with Gasteiger partial charge < -0.3 is 5.11 Å². The molecule has 3 amide bonds. The molecule has 0 atom stereocenters. The highest BCUT2D eigenvalue weighted by atomic mass is 35.5. The average molecular weight is 491 g/mol. The van der Waals surface area contributed by atoms with Crippen molar-refractivity contribution in [1.29, 1.82) is 0 Å². The van der Waals surface area contributed by atoms with Crippen LogP contribution >= 0.6 is 11.6 Å². The molecule has 4 aromatic rings. The molecule has 176 valence electrons. The monoisotopic (exact) mass is 490 g/mol. The number of aromatic nitrogens is 3. The van der Waals surface area contributed by atoms with Crippen LogP contribution < -0.4 is 16.3 Å². The first-order valence-electron chi connectivity index (χ1n) is 10.3. The van der Waals surface area contributed by atoms with Gasteiger partial charge in [0.25, 0.3) is 11.8 Å². The van der Waals surface area contributed by atoms with Crippen molar-refractivity contribution in [1.82, 2.24) is 25.7 Å². The van der Waals surface area contributed by atoms with Crippen molar-refractivity contribution in [2.75, 3.05) is 5.43 Å². The van der Waals surface area contributed by atoms with E-state index in [4.69, 9.17) is 11.6 Å². The van der Waals surface area contributed by atoms with Gasteiger partial charge in [0.15, 0.2) is 5.69 Å². The van der Waals surface area contributed by atoms with Crippen molar-refractivity contribution < 1.29 is 19.5 Å². The Balaban J connectivity index is 1.81. The summed E-state index contributed by atoms with van der Waals surface area (Å²) in [6.45, 7) is 1.89. The molecule has 11 heteroatoms. The van der Waals surface area contributed by atoms with E-state index in [2.05, 4.69) is 26.4 Å². The number of nitrogens with zero attached hydrogens (tertiary/aromatic N) is 3. The molecule has 0 spiro atoms. The zero-order valence-electron chi connectivity index (χ0n) is 18.3. The first kappa shape index (κ1) is 23.5. The van der Waals surface area contributed by atoms with Gasteiger partial charge >= 0.3 is 6.09 Å². The largest absolute Gasteiger partial charge is 0.464 e. The van der Waals surface area contributed by atoms with E-state index in [1.807, 2.05) is 25.1 Å². The van der Waals surface area contributed by atoms with Crippen molar-refractivity contribution in [3.05, 3.63) is 94.9 Å². The van der Waals surface area contributed by atoms with Crippen molar-refractivity contribution in [2.45, 2.75) is 6.92 Å². The Hall–Kier alpha value is -4.70. The summed E-state index contributed by atoms with van der Waals surface area (Å²) in [6.07, 6.45) is 1.45. The molecule has 0 radical (unpaired) electrons. The quantitative estimate of drug-likeness (QED) is 0.313. The summed E-state index contributed by atoms with van der Waals surface area (Å²) in [4.78, 5) is 41.9. The first-order chi connectivity index (χ1) is 16.8. The highest BCUT2D eigenvalue weighted by Gasteiger charge is 2.27. The van der Waals surface area contributed by atoms with Crippen LogP contribution in [0.1, 0.15) is 26.4 Å². The maximum Gasteiger partial charge on any atom is 0.425 e. The lowest BCUT2D eigenvalue weighted by Crippen LogP contribution is -2.43. The van der Waals surface area contributed by atoms with Crippen LogP contribution in [0.15, 0.2) is 73.1 Å². The second-order valence-electron chi connectivity index (χ2n) is 7.42. The second-order valence-corrected chi connectivity index (χ2v) is 7.86. The van der Waals surface area contributed by atoms with Crippen LogP contribution in [0.5, 0.6) is 0 Å². The molecule has 2 aromatic heterocycles. The summed E-state index contributed by atoms with van der Waals surface area (Å²) >= 11 is 6.03. The van der Waals surface area contributed by atoms with Crippen molar-refractivity contribution in [2.24, 2.45) is 0 Å². The number of amides is 3. The zero-order valence-corrected chi connectivity index (χ0v) is 19.1. The third kappa shape index (κ3) is 5.28. The highest BCUT2D eigenvalue weighted by Crippen LogP contribution is 2.35. The molecule has 0 saturated carbocycles. The molecule has 0 aliphatic heterocycles. The van der Waals surface area contributed by atoms with Crippen LogP contribution in [-0.2, 0) is 0 Å². The van der Waals surface area contributed by atoms with Gasteiger partial charge in [0.05, 0.1) is 0 Å². The summed E-state index contributed by atoms with van der Waals surface area (Å²) in [5.74, 6) is -1.36. The lowest BCUT2D eigenvalue weighted by atomic mass is 9.97. The molecule has 10 nitrogen and oxygen atoms in total. The Kier molecular flexibility index (Phi) is 6.74. The standard InChI is InChI=1S/C24H19ClN6O4/c1-14-3-2-4-17(13-14)19-20(15-5-7-18(25)8-6-15)29-31(30-24(34)35)21(19)23(33)28-27-22(32)16-9-11-26-12-10-16/h2-13,30H,1H3,(H,27,32)(H,28,33)(H,34,35). The predicted molar refractivity (Wildman–Crippen MR) is 129 cm³/mol. The smallest absolute Gasteiger partial charge is 0.425 e. The van der Waals surface area contributed by atoms with Crippen LogP contribution in [0.3, 0.4) is 0 Å². The van der Waals surface area contributed by atoms with E-state index in [0.717, 1.165) is 10.4 Å². The number of hydrogen-bond acceptors (Lipinski definition) is 5. The van der Waals surface area contributed by atoms with E-state index in [0.29, 0.717) is 27.4 Å². The Labute approximate surface area is 204 Å². The Morgan fingerprint density at radius 2 is 1.60 bits per heavy atom. The fourth-order valence-electron chi connectivity index (χ4n) is 3.43. The number of nitrogens with one attached hydrogen (secondary N) is 3. The summed E-state index contributed by atoms with van der Waals surface area (Å²) in [6, 6.07) is 17.0. The maximum atomic E-state index is 13.3. The SMILES string of the molecule is Cc1cccc(-c2c(-c3ccc(Cl)cc3)nn(NC(=O)O)c2C(=O)NNC(=O)c2ccncc2)c1. The summed E-state index contributed by atoms with van der Waals surface area (Å²) in [5, 5.41) is 14.2. The van der Waals surface area contributed by atoms with E-state index in [9.17, 15) is 19.5 Å². The number of halogens is 1. The molecule has 2 heterocycles. The summed E-state index contributed by atoms with van der Waals surface area (Å²) in [7, 11) is 0. The summed E-state index contributed by atoms with van der Waals surface area (Å²) in [5.41, 5.74) is 9.77. The molecule has 0 saturated heterocycles. The topological polar surface area (TPSA) is 138 Å². The molecule has 35 heavy (non-hydrogen) atoms. The van der Waals surface area contributed by atoms with Crippen LogP contribution in [0.2, 0.25) is 5.02 Å². The van der Waals surface area contributed by atoms with Crippen molar-refractivity contribution in [3.8, 4) is 22.4 Å². The van der Waals surface area contributed by atoms with Gasteiger partial charge in [-0.15, -0.1) is 0 Å². The molecule has 2 aromatic carbocycles. The van der Waals surface area contributed by atoms with E-state index in [1.54, 1.807) is 30.3 Å². The number of pyridine rings is 1. The minimum atomic E-state index is -1.43. The predicted octanol–water partition coefficient (Wildman–Crippen LogP) is 3.87. The number of carbonyl (C=O) groups excluding carboxylic acids is 2. The Bertz CT molecular complexity index is 1400. The van der Waals surface area contributed by atoms with Crippen LogP contribution in [0, 0.1) is 6.92 Å². The van der Waals surface area contributed by atoms with Crippen LogP contribution in [-0.4, -0.2) is 37.9 Å². The van der Waals surface area contributed by atoms with Gasteiger partial charge in [-0.1, -0.05) is 53.6 Å². The van der Waals surface area contributed by atoms with Gasteiger partial charge in [-0.25, -0.2) is 10.2 Å². The van der Waals surface area contributed by atoms with E-state index in [-0.39, 0.29) is 11.3 Å². The van der Waals surface area contributed by atoms with E-state index < -0.39 is 17.9 Å². The van der Waals surface area contributed by atoms with Gasteiger partial charge in [0.2, 0.25) is 0 Å². The van der Waals surface area contributed by atoms with Crippen LogP contribution in [0.4, 0.5) is 4.79 Å². The highest BCUT2D eigenvalue weighted by molar-refractivity contribution is 6.30. The van der Waals surface area contributed by atoms with Gasteiger partial charge in [-0.2, -0.15) is 9.89 Å². The normalized spacial score (nSPS) is 10.5. The number of carbonyl (C=O) groups is 3. The molecular weight excluding hydrogens is 472 g/mol. The molecule has 0 aliphatic rings. The Morgan fingerprint density at radius 3 is 2.26 bits per heavy atom. The fourth-order valence-corrected chi connectivity index (χ4v) is 3.56. The lowest BCUT2D eigenvalue weighted by molar-refractivity contribution is 0.0841. The summed E-state index contributed by atoms with van der Waals surface area (Å²) < 4.78 is 0. The maximum absolute atomic E-state index is 13.3. The third-order valence-corrected chi connectivity index (χ3v) is 5.21. The number of hydrazine groups is 1. The van der Waals surface area contributed by atoms with Gasteiger partial charge in [0, 0.05) is 34.1 Å². The van der Waals surface area contributed by atoms with Gasteiger partial charge in [-0.05, 0) is 36.8 Å². The molecule has 0 aliphatic carbocycles. The van der Waals surface area contributed by atoms with E-state index >= 15 is 0 Å². The van der Waals surface area contributed by atoms with Crippen LogP contribution in [0.25, 0.3) is 22.4 Å². The molecule has 0 bridgehead atoms. The molecule has 4 N–H and O–H groups in total. The van der Waals surface area contributed by atoms with Gasteiger partial charge in [-0.3, -0.25) is 25.4 Å². The molecule has 0 unspecified atom stereocenters. The molecular formula is C24H19ClN6O4. The van der Waals surface area contributed by atoms with Crippen molar-refractivity contribution in [3.63, 3.8) is 0 Å². The third-order valence-electron chi connectivity index (χ3n) is 4.96. The number of hydrogen-bond donors (Lipinski definition) is 4. The second kappa shape index (κ2) is 10.1. The number of aryl methyl sites for hydroxylation is 1. The molecule has 4 rings (SSSR count). The Morgan fingerprint density at radius 1 is 0.914 bits per heavy atom. The average Bonchev–Trinajstić information content (AvgIpc) is 3.21. The number of benzene rings is 2.